The van der Waals surface area contributed by atoms with Crippen LogP contribution in [0.5, 0.6) is 28.7 Å². The van der Waals surface area contributed by atoms with Gasteiger partial charge < -0.3 is 59.5 Å². The van der Waals surface area contributed by atoms with Gasteiger partial charge in [-0.15, -0.1) is 0 Å². The molecule has 3 aromatic rings. The number of carboxylic acids is 1. The number of hydrogen-bond donors (Lipinski definition) is 8. The van der Waals surface area contributed by atoms with Gasteiger partial charge in [0.15, 0.2) is 28.4 Å². The largest absolute Gasteiger partial charge is 0.504 e. The highest BCUT2D eigenvalue weighted by Gasteiger charge is 2.46. The Morgan fingerprint density at radius 2 is 1.62 bits per heavy atom. The summed E-state index contributed by atoms with van der Waals surface area (Å²) < 4.78 is 20.9. The lowest BCUT2D eigenvalue weighted by Crippen LogP contribution is -2.60. The number of esters is 1. The zero-order valence-electron chi connectivity index (χ0n) is 19.6. The minimum Gasteiger partial charge on any atom is -0.504 e. The Bertz CT molecular complexity index is 1480. The molecule has 5 atom stereocenters. The number of aliphatic hydroxyl groups excluding tert-OH is 3. The van der Waals surface area contributed by atoms with Gasteiger partial charge in [-0.1, -0.05) is 0 Å². The third-order valence-corrected chi connectivity index (χ3v) is 5.79. The second-order valence-electron chi connectivity index (χ2n) is 8.51. The van der Waals surface area contributed by atoms with Crippen molar-refractivity contribution in [1.82, 2.24) is 0 Å². The Kier molecular flexibility index (Phi) is 7.51. The van der Waals surface area contributed by atoms with E-state index >= 15 is 0 Å². The third kappa shape index (κ3) is 5.51. The number of carbonyl (C=O) groups excluding carboxylic acids is 1. The van der Waals surface area contributed by atoms with Crippen molar-refractivity contribution in [1.29, 1.82) is 0 Å². The molecule has 2 aromatic carbocycles. The van der Waals surface area contributed by atoms with Crippen LogP contribution in [0.25, 0.3) is 22.3 Å². The average Bonchev–Trinajstić information content (AvgIpc) is 2.86. The molecule has 1 saturated heterocycles. The van der Waals surface area contributed by atoms with Gasteiger partial charge in [0.1, 0.15) is 54.2 Å². The minimum absolute atomic E-state index is 0.0845. The molecule has 1 fully saturated rings. The molecule has 1 aromatic heterocycles. The lowest BCUT2D eigenvalue weighted by Gasteiger charge is -2.39. The molecule has 0 amide bonds. The fraction of sp³-hybridized carbons (Fsp3) is 0.292. The van der Waals surface area contributed by atoms with E-state index in [4.69, 9.17) is 23.7 Å². The topological polar surface area (TPSA) is 254 Å². The van der Waals surface area contributed by atoms with Crippen molar-refractivity contribution >= 4 is 22.9 Å². The van der Waals surface area contributed by atoms with Gasteiger partial charge in [-0.25, -0.2) is 0 Å². The van der Waals surface area contributed by atoms with Crippen molar-refractivity contribution in [3.63, 3.8) is 0 Å². The number of benzene rings is 2. The Morgan fingerprint density at radius 1 is 0.897 bits per heavy atom. The van der Waals surface area contributed by atoms with E-state index in [1.54, 1.807) is 0 Å². The van der Waals surface area contributed by atoms with E-state index in [1.165, 1.54) is 6.07 Å². The molecule has 208 valence electrons. The number of carboxylic acid groups (broad SMARTS) is 1. The molecule has 0 saturated carbocycles. The Labute approximate surface area is 216 Å². The molecule has 4 rings (SSSR count). The van der Waals surface area contributed by atoms with E-state index in [9.17, 15) is 50.1 Å². The summed E-state index contributed by atoms with van der Waals surface area (Å²) in [6.07, 6.45) is -10.1. The van der Waals surface area contributed by atoms with Crippen LogP contribution in [0.15, 0.2) is 39.5 Å². The first-order chi connectivity index (χ1) is 18.4. The molecule has 1 aliphatic heterocycles. The first-order valence-corrected chi connectivity index (χ1v) is 11.2. The van der Waals surface area contributed by atoms with Gasteiger partial charge in [-0.2, -0.15) is 0 Å². The van der Waals surface area contributed by atoms with E-state index < -0.39 is 95.2 Å². The fourth-order valence-corrected chi connectivity index (χ4v) is 3.82. The average molecular weight is 550 g/mol. The van der Waals surface area contributed by atoms with Crippen LogP contribution in [0.4, 0.5) is 0 Å². The Morgan fingerprint density at radius 3 is 2.28 bits per heavy atom. The first kappa shape index (κ1) is 27.5. The van der Waals surface area contributed by atoms with Crippen LogP contribution in [0.2, 0.25) is 0 Å². The smallest absolute Gasteiger partial charge is 0.317 e. The molecule has 2 heterocycles. The van der Waals surface area contributed by atoms with Crippen LogP contribution < -0.4 is 10.2 Å². The standard InChI is InChI=1S/C24H22O15/c25-9-2-1-8(3-10(9)26)13-4-11(27)18-14(37-13)5-12(28)23(20(18)33)39-24-22(35)21(34)19(32)15(38-24)7-36-17(31)6-16(29)30/h1-5,15,19,21-22,24-26,28,32-35H,6-7H2,(H,29,30)/t15-,19-,21+,22-,24+/m1/s1. The van der Waals surface area contributed by atoms with Gasteiger partial charge in [-0.3, -0.25) is 14.4 Å². The second-order valence-corrected chi connectivity index (χ2v) is 8.51. The molecule has 8 N–H and O–H groups in total. The van der Waals surface area contributed by atoms with Crippen molar-refractivity contribution in [3.8, 4) is 40.1 Å². The molecule has 0 radical (unpaired) electrons. The van der Waals surface area contributed by atoms with Gasteiger partial charge in [0.2, 0.25) is 12.0 Å². The van der Waals surface area contributed by atoms with Crippen molar-refractivity contribution in [2.45, 2.75) is 37.1 Å². The number of fused-ring (bicyclic) bond motifs is 1. The van der Waals surface area contributed by atoms with Gasteiger partial charge >= 0.3 is 11.9 Å². The summed E-state index contributed by atoms with van der Waals surface area (Å²) in [5, 5.41) is 79.2. The van der Waals surface area contributed by atoms with Crippen LogP contribution in [-0.4, -0.2) is 90.1 Å². The quantitative estimate of drug-likeness (QED) is 0.105. The van der Waals surface area contributed by atoms with Crippen molar-refractivity contribution < 1.29 is 69.1 Å². The number of aromatic hydroxyl groups is 4. The summed E-state index contributed by atoms with van der Waals surface area (Å²) in [6.45, 7) is -0.744. The van der Waals surface area contributed by atoms with Crippen LogP contribution in [0.1, 0.15) is 6.42 Å². The number of phenolic OH excluding ortho intramolecular Hbond substituents is 4. The number of aliphatic hydroxyl groups is 3. The molecule has 0 aliphatic carbocycles. The summed E-state index contributed by atoms with van der Waals surface area (Å²) in [5.41, 5.74) is -0.939. The number of hydrogen-bond acceptors (Lipinski definition) is 14. The molecule has 0 bridgehead atoms. The van der Waals surface area contributed by atoms with Gasteiger partial charge in [0.05, 0.1) is 0 Å². The summed E-state index contributed by atoms with van der Waals surface area (Å²) in [6, 6.07) is 5.48. The van der Waals surface area contributed by atoms with Crippen LogP contribution in [0, 0.1) is 0 Å². The van der Waals surface area contributed by atoms with Crippen LogP contribution in [0.3, 0.4) is 0 Å². The molecule has 0 spiro atoms. The maximum Gasteiger partial charge on any atom is 0.317 e. The van der Waals surface area contributed by atoms with E-state index in [0.717, 1.165) is 24.3 Å². The zero-order valence-corrected chi connectivity index (χ0v) is 19.6. The molecular formula is C24H22O15. The minimum atomic E-state index is -1.96. The molecule has 39 heavy (non-hydrogen) atoms. The second kappa shape index (κ2) is 10.7. The zero-order chi connectivity index (χ0) is 28.6. The molecule has 15 heteroatoms. The summed E-state index contributed by atoms with van der Waals surface area (Å²) in [4.78, 5) is 34.9. The summed E-state index contributed by atoms with van der Waals surface area (Å²) >= 11 is 0. The fourth-order valence-electron chi connectivity index (χ4n) is 3.82. The first-order valence-electron chi connectivity index (χ1n) is 11.2. The van der Waals surface area contributed by atoms with Gasteiger partial charge in [-0.05, 0) is 18.2 Å². The maximum absolute atomic E-state index is 12.8. The van der Waals surface area contributed by atoms with E-state index in [2.05, 4.69) is 0 Å². The van der Waals surface area contributed by atoms with Crippen molar-refractivity contribution in [2.24, 2.45) is 0 Å². The SMILES string of the molecule is O=C(O)CC(=O)OC[C@H]1O[C@@H](Oc2c(O)cc3oc(-c4ccc(O)c(O)c4)cc(=O)c3c2O)[C@H](O)[C@@H](O)[C@@H]1O. The van der Waals surface area contributed by atoms with Crippen LogP contribution in [-0.2, 0) is 19.1 Å². The van der Waals surface area contributed by atoms with Crippen molar-refractivity contribution in [2.75, 3.05) is 6.61 Å². The Balaban J connectivity index is 1.62. The monoisotopic (exact) mass is 550 g/mol. The third-order valence-electron chi connectivity index (χ3n) is 5.79. The molecule has 0 unspecified atom stereocenters. The summed E-state index contributed by atoms with van der Waals surface area (Å²) in [7, 11) is 0. The number of ether oxygens (including phenoxy) is 3. The van der Waals surface area contributed by atoms with E-state index in [0.29, 0.717) is 0 Å². The number of aliphatic carboxylic acids is 1. The summed E-state index contributed by atoms with van der Waals surface area (Å²) in [5.74, 6) is -6.12. The maximum atomic E-state index is 12.8. The van der Waals surface area contributed by atoms with Gasteiger partial charge in [0, 0.05) is 17.7 Å². The lowest BCUT2D eigenvalue weighted by atomic mass is 9.99. The molecule has 1 aliphatic rings. The highest BCUT2D eigenvalue weighted by atomic mass is 16.7. The van der Waals surface area contributed by atoms with Gasteiger partial charge in [0.25, 0.3) is 0 Å². The number of phenols is 4. The predicted molar refractivity (Wildman–Crippen MR) is 125 cm³/mol. The lowest BCUT2D eigenvalue weighted by molar-refractivity contribution is -0.278. The number of rotatable bonds is 7. The molecular weight excluding hydrogens is 528 g/mol. The number of carbonyl (C=O) groups is 2. The van der Waals surface area contributed by atoms with E-state index in [-0.39, 0.29) is 16.9 Å². The predicted octanol–water partition coefficient (Wildman–Crippen LogP) is -0.513. The normalized spacial score (nSPS) is 22.9. The van der Waals surface area contributed by atoms with Crippen LogP contribution >= 0.6 is 0 Å². The Hall–Kier alpha value is -4.57. The highest BCUT2D eigenvalue weighted by molar-refractivity contribution is 5.90. The highest BCUT2D eigenvalue weighted by Crippen LogP contribution is 2.43. The van der Waals surface area contributed by atoms with Crippen molar-refractivity contribution in [3.05, 3.63) is 40.6 Å². The van der Waals surface area contributed by atoms with E-state index in [1.807, 2.05) is 0 Å². The molecule has 15 nitrogen and oxygen atoms in total.